The summed E-state index contributed by atoms with van der Waals surface area (Å²) in [5.74, 6) is -1.55. The lowest BCUT2D eigenvalue weighted by atomic mass is 9.91. The number of nitrogens with zero attached hydrogens (tertiary/aromatic N) is 4. The Morgan fingerprint density at radius 3 is 2.39 bits per heavy atom. The van der Waals surface area contributed by atoms with Crippen LogP contribution in [-0.2, 0) is 6.18 Å². The van der Waals surface area contributed by atoms with Gasteiger partial charge < -0.3 is 10.6 Å². The molecule has 1 aliphatic heterocycles. The summed E-state index contributed by atoms with van der Waals surface area (Å²) in [7, 11) is 0. The van der Waals surface area contributed by atoms with Crippen LogP contribution in [0.4, 0.5) is 17.6 Å². The molecular weight excluding hydrogens is 402 g/mol. The molecule has 1 amide bonds. The average molecular weight is 422 g/mol. The van der Waals surface area contributed by atoms with Gasteiger partial charge in [-0.25, -0.2) is 9.07 Å². The Morgan fingerprint density at radius 1 is 1.25 bits per heavy atom. The Labute approximate surface area is 165 Å². The van der Waals surface area contributed by atoms with E-state index in [1.165, 1.54) is 17.0 Å². The molecule has 1 aromatic heterocycles. The van der Waals surface area contributed by atoms with Gasteiger partial charge in [0.05, 0.1) is 0 Å². The molecular formula is C17H20ClF4N5O. The van der Waals surface area contributed by atoms with Gasteiger partial charge in [0.2, 0.25) is 0 Å². The predicted octanol–water partition coefficient (Wildman–Crippen LogP) is 3.05. The first-order valence-electron chi connectivity index (χ1n) is 8.52. The molecule has 6 nitrogen and oxygen atoms in total. The highest BCUT2D eigenvalue weighted by Gasteiger charge is 2.43. The van der Waals surface area contributed by atoms with Crippen LogP contribution in [0.5, 0.6) is 0 Å². The number of hydrogen-bond acceptors (Lipinski definition) is 4. The van der Waals surface area contributed by atoms with Gasteiger partial charge in [-0.2, -0.15) is 13.2 Å². The Balaban J connectivity index is 0.00000280. The molecule has 1 aliphatic rings. The second kappa shape index (κ2) is 8.44. The van der Waals surface area contributed by atoms with Crippen molar-refractivity contribution in [2.75, 3.05) is 13.1 Å². The summed E-state index contributed by atoms with van der Waals surface area (Å²) >= 11 is 0. The van der Waals surface area contributed by atoms with Crippen LogP contribution >= 0.6 is 12.4 Å². The molecule has 11 heteroatoms. The fourth-order valence-corrected chi connectivity index (χ4v) is 3.25. The molecule has 1 aromatic carbocycles. The predicted molar refractivity (Wildman–Crippen MR) is 95.8 cm³/mol. The van der Waals surface area contributed by atoms with Crippen LogP contribution in [0.25, 0.3) is 5.69 Å². The monoisotopic (exact) mass is 421 g/mol. The summed E-state index contributed by atoms with van der Waals surface area (Å²) in [6, 6.07) is 4.83. The second-order valence-corrected chi connectivity index (χ2v) is 6.64. The third kappa shape index (κ3) is 4.27. The molecule has 1 atom stereocenters. The lowest BCUT2D eigenvalue weighted by Crippen LogP contribution is -2.43. The topological polar surface area (TPSA) is 77.0 Å². The van der Waals surface area contributed by atoms with Gasteiger partial charge in [0.1, 0.15) is 11.5 Å². The second-order valence-electron chi connectivity index (χ2n) is 6.64. The number of piperidine rings is 1. The zero-order valence-corrected chi connectivity index (χ0v) is 15.8. The minimum Gasteiger partial charge on any atom is -0.337 e. The average Bonchev–Trinajstić information content (AvgIpc) is 3.07. The summed E-state index contributed by atoms with van der Waals surface area (Å²) in [6.45, 7) is 2.44. The van der Waals surface area contributed by atoms with Crippen LogP contribution in [0, 0.1) is 11.7 Å². The molecule has 1 saturated heterocycles. The van der Waals surface area contributed by atoms with Crippen molar-refractivity contribution < 1.29 is 22.4 Å². The van der Waals surface area contributed by atoms with Gasteiger partial charge in [-0.05, 0) is 37.8 Å². The molecule has 3 rings (SSSR count). The van der Waals surface area contributed by atoms with E-state index in [4.69, 9.17) is 5.73 Å². The van der Waals surface area contributed by atoms with E-state index in [1.54, 1.807) is 0 Å². The van der Waals surface area contributed by atoms with E-state index in [9.17, 15) is 22.4 Å². The molecule has 28 heavy (non-hydrogen) atoms. The van der Waals surface area contributed by atoms with Gasteiger partial charge in [0.25, 0.3) is 5.91 Å². The van der Waals surface area contributed by atoms with Crippen molar-refractivity contribution in [3.8, 4) is 5.69 Å². The first kappa shape index (κ1) is 22.1. The van der Waals surface area contributed by atoms with Gasteiger partial charge in [-0.15, -0.1) is 17.5 Å². The number of nitrogens with two attached hydrogens (primary N) is 1. The minimum absolute atomic E-state index is 0. The van der Waals surface area contributed by atoms with Crippen LogP contribution < -0.4 is 5.73 Å². The molecule has 2 N–H and O–H groups in total. The van der Waals surface area contributed by atoms with E-state index in [-0.39, 0.29) is 37.5 Å². The highest BCUT2D eigenvalue weighted by atomic mass is 35.5. The van der Waals surface area contributed by atoms with E-state index in [1.807, 2.05) is 6.92 Å². The maximum absolute atomic E-state index is 14.0. The Kier molecular flexibility index (Phi) is 6.66. The Bertz CT molecular complexity index is 831. The van der Waals surface area contributed by atoms with Crippen LogP contribution in [0.2, 0.25) is 0 Å². The molecule has 1 unspecified atom stereocenters. The molecule has 2 heterocycles. The molecule has 0 aliphatic carbocycles. The van der Waals surface area contributed by atoms with Gasteiger partial charge in [0.15, 0.2) is 11.4 Å². The number of halogens is 5. The zero-order valence-electron chi connectivity index (χ0n) is 15.0. The lowest BCUT2D eigenvalue weighted by Gasteiger charge is -2.33. The number of amides is 1. The highest BCUT2D eigenvalue weighted by molar-refractivity contribution is 5.93. The smallest absolute Gasteiger partial charge is 0.337 e. The van der Waals surface area contributed by atoms with E-state index in [0.29, 0.717) is 17.5 Å². The van der Waals surface area contributed by atoms with Crippen molar-refractivity contribution in [3.05, 3.63) is 41.5 Å². The van der Waals surface area contributed by atoms with Crippen molar-refractivity contribution in [1.29, 1.82) is 0 Å². The maximum Gasteiger partial charge on any atom is 0.435 e. The highest BCUT2D eigenvalue weighted by Crippen LogP contribution is 2.34. The first-order chi connectivity index (χ1) is 12.7. The molecule has 0 bridgehead atoms. The summed E-state index contributed by atoms with van der Waals surface area (Å²) < 4.78 is 55.2. The molecule has 0 spiro atoms. The summed E-state index contributed by atoms with van der Waals surface area (Å²) in [5.41, 5.74) is 3.21. The van der Waals surface area contributed by atoms with Crippen molar-refractivity contribution in [3.63, 3.8) is 0 Å². The molecule has 2 aromatic rings. The van der Waals surface area contributed by atoms with Gasteiger partial charge in [-0.3, -0.25) is 4.79 Å². The van der Waals surface area contributed by atoms with E-state index in [2.05, 4.69) is 10.3 Å². The lowest BCUT2D eigenvalue weighted by molar-refractivity contribution is -0.143. The zero-order chi connectivity index (χ0) is 19.8. The fraction of sp³-hybridized carbons (Fsp3) is 0.471. The van der Waals surface area contributed by atoms with Crippen LogP contribution in [0.3, 0.4) is 0 Å². The third-order valence-electron chi connectivity index (χ3n) is 4.79. The van der Waals surface area contributed by atoms with Crippen molar-refractivity contribution in [2.24, 2.45) is 11.7 Å². The van der Waals surface area contributed by atoms with Crippen LogP contribution in [0.1, 0.15) is 35.9 Å². The molecule has 0 radical (unpaired) electrons. The van der Waals surface area contributed by atoms with Crippen molar-refractivity contribution >= 4 is 18.3 Å². The quantitative estimate of drug-likeness (QED) is 0.773. The fourth-order valence-electron chi connectivity index (χ4n) is 3.25. The van der Waals surface area contributed by atoms with Gasteiger partial charge in [0, 0.05) is 19.1 Å². The normalized spacial score (nSPS) is 16.6. The van der Waals surface area contributed by atoms with Crippen molar-refractivity contribution in [1.82, 2.24) is 19.9 Å². The van der Waals surface area contributed by atoms with Crippen LogP contribution in [-0.4, -0.2) is 44.9 Å². The first-order valence-corrected chi connectivity index (χ1v) is 8.52. The number of rotatable bonds is 3. The third-order valence-corrected chi connectivity index (χ3v) is 4.79. The summed E-state index contributed by atoms with van der Waals surface area (Å²) in [5, 5.41) is 6.85. The summed E-state index contributed by atoms with van der Waals surface area (Å²) in [4.78, 5) is 14.0. The van der Waals surface area contributed by atoms with Gasteiger partial charge >= 0.3 is 6.18 Å². The minimum atomic E-state index is -4.93. The number of para-hydroxylation sites is 1. The van der Waals surface area contributed by atoms with Crippen LogP contribution in [0.15, 0.2) is 24.3 Å². The number of alkyl halides is 3. The number of aromatic nitrogens is 3. The largest absolute Gasteiger partial charge is 0.435 e. The number of hydrogen-bond donors (Lipinski definition) is 1. The standard InChI is InChI=1S/C17H19F4N5O.ClH/c1-10(22)11-6-8-25(9-7-11)16(27)14-15(17(19,20)21)26(24-23-14)13-5-3-2-4-12(13)18;/h2-5,10-11H,6-9,22H2,1H3;1H. The number of likely N-dealkylation sites (tertiary alicyclic amines) is 1. The number of carbonyl (C=O) groups is 1. The summed E-state index contributed by atoms with van der Waals surface area (Å²) in [6.07, 6.45) is -3.72. The molecule has 0 saturated carbocycles. The van der Waals surface area contributed by atoms with Crippen molar-refractivity contribution in [2.45, 2.75) is 32.0 Å². The van der Waals surface area contributed by atoms with E-state index >= 15 is 0 Å². The molecule has 154 valence electrons. The van der Waals surface area contributed by atoms with E-state index in [0.717, 1.165) is 12.1 Å². The molecule has 1 fully saturated rings. The maximum atomic E-state index is 14.0. The Morgan fingerprint density at radius 2 is 1.86 bits per heavy atom. The number of benzene rings is 1. The number of carbonyl (C=O) groups excluding carboxylic acids is 1. The van der Waals surface area contributed by atoms with E-state index < -0.39 is 35.0 Å². The SMILES string of the molecule is CC(N)C1CCN(C(=O)c2nnn(-c3ccccc3F)c2C(F)(F)F)CC1.Cl. The Hall–Kier alpha value is -2.20. The van der Waals surface area contributed by atoms with Gasteiger partial charge in [-0.1, -0.05) is 17.3 Å².